The van der Waals surface area contributed by atoms with Gasteiger partial charge in [0.05, 0.1) is 13.2 Å². The number of amides is 2. The fourth-order valence-electron chi connectivity index (χ4n) is 3.80. The van der Waals surface area contributed by atoms with Gasteiger partial charge in [-0.2, -0.15) is 0 Å². The van der Waals surface area contributed by atoms with E-state index in [0.717, 1.165) is 28.2 Å². The summed E-state index contributed by atoms with van der Waals surface area (Å²) in [5.41, 5.74) is 4.10. The predicted octanol–water partition coefficient (Wildman–Crippen LogP) is 4.76. The largest absolute Gasteiger partial charge is 0.497 e. The number of rotatable bonds is 4. The van der Waals surface area contributed by atoms with Crippen molar-refractivity contribution in [2.45, 2.75) is 23.9 Å². The number of anilines is 1. The molecule has 3 aromatic carbocycles. The van der Waals surface area contributed by atoms with E-state index >= 15 is 0 Å². The molecule has 3 aromatic rings. The number of nitrogens with one attached hydrogen (secondary N) is 1. The molecule has 0 fully saturated rings. The van der Waals surface area contributed by atoms with Crippen molar-refractivity contribution < 1.29 is 13.7 Å². The molecular formula is C24H24N2O3S. The Morgan fingerprint density at radius 3 is 2.43 bits per heavy atom. The summed E-state index contributed by atoms with van der Waals surface area (Å²) in [5, 5.41) is 2.99. The number of benzene rings is 3. The zero-order valence-corrected chi connectivity index (χ0v) is 17.8. The number of hydrogen-bond acceptors (Lipinski definition) is 3. The van der Waals surface area contributed by atoms with Gasteiger partial charge >= 0.3 is 6.03 Å². The van der Waals surface area contributed by atoms with Crippen LogP contribution in [0.1, 0.15) is 22.7 Å². The minimum Gasteiger partial charge on any atom is -0.497 e. The van der Waals surface area contributed by atoms with Crippen molar-refractivity contribution in [2.24, 2.45) is 0 Å². The zero-order valence-electron chi connectivity index (χ0n) is 17.0. The second-order valence-electron chi connectivity index (χ2n) is 7.30. The number of carbonyl (C=O) groups is 1. The van der Waals surface area contributed by atoms with Crippen LogP contribution in [0.3, 0.4) is 0 Å². The Bertz CT molecular complexity index is 1070. The van der Waals surface area contributed by atoms with Crippen molar-refractivity contribution in [3.8, 4) is 5.75 Å². The van der Waals surface area contributed by atoms with Gasteiger partial charge in [0.25, 0.3) is 0 Å². The molecule has 0 radical (unpaired) electrons. The lowest BCUT2D eigenvalue weighted by atomic mass is 9.90. The van der Waals surface area contributed by atoms with Gasteiger partial charge < -0.3 is 15.0 Å². The molecule has 1 aliphatic heterocycles. The molecule has 0 saturated heterocycles. The van der Waals surface area contributed by atoms with E-state index in [1.165, 1.54) is 5.56 Å². The molecule has 0 spiro atoms. The molecular weight excluding hydrogens is 396 g/mol. The van der Waals surface area contributed by atoms with E-state index in [4.69, 9.17) is 4.74 Å². The van der Waals surface area contributed by atoms with E-state index in [2.05, 4.69) is 23.5 Å². The van der Waals surface area contributed by atoms with E-state index in [0.29, 0.717) is 12.2 Å². The molecule has 154 valence electrons. The van der Waals surface area contributed by atoms with Crippen LogP contribution >= 0.6 is 0 Å². The van der Waals surface area contributed by atoms with E-state index in [1.807, 2.05) is 35.2 Å². The van der Waals surface area contributed by atoms with Crippen LogP contribution < -0.4 is 10.1 Å². The van der Waals surface area contributed by atoms with Crippen LogP contribution in [-0.2, 0) is 23.8 Å². The fraction of sp³-hybridized carbons (Fsp3) is 0.208. The Labute approximate surface area is 179 Å². The van der Waals surface area contributed by atoms with Crippen LogP contribution in [-0.4, -0.2) is 28.5 Å². The lowest BCUT2D eigenvalue weighted by Gasteiger charge is -2.37. The van der Waals surface area contributed by atoms with Crippen molar-refractivity contribution in [2.75, 3.05) is 18.7 Å². The van der Waals surface area contributed by atoms with Crippen molar-refractivity contribution in [1.82, 2.24) is 4.90 Å². The molecule has 2 amide bonds. The molecule has 2 atom stereocenters. The van der Waals surface area contributed by atoms with Gasteiger partial charge in [-0.3, -0.25) is 4.21 Å². The van der Waals surface area contributed by atoms with Gasteiger partial charge in [-0.05, 0) is 59.5 Å². The van der Waals surface area contributed by atoms with Crippen molar-refractivity contribution in [3.63, 3.8) is 0 Å². The summed E-state index contributed by atoms with van der Waals surface area (Å²) in [4.78, 5) is 15.9. The van der Waals surface area contributed by atoms with Gasteiger partial charge in [-0.1, -0.05) is 36.4 Å². The standard InChI is InChI=1S/C24H24N2O3S/c1-29-21-11-8-18-15-23(17-6-4-3-5-7-17)26(16-19(18)14-21)24(27)25-20-9-12-22(13-10-20)30(2)28/h3-14,23H,15-16H2,1-2H3,(H,25,27)/t23-,30-/m0/s1. The molecule has 0 unspecified atom stereocenters. The number of carbonyl (C=O) groups excluding carboxylic acids is 1. The quantitative estimate of drug-likeness (QED) is 0.662. The summed E-state index contributed by atoms with van der Waals surface area (Å²) < 4.78 is 17.0. The minimum atomic E-state index is -1.05. The molecule has 30 heavy (non-hydrogen) atoms. The van der Waals surface area contributed by atoms with Gasteiger partial charge in [0.1, 0.15) is 5.75 Å². The van der Waals surface area contributed by atoms with E-state index in [9.17, 15) is 9.00 Å². The zero-order chi connectivity index (χ0) is 21.1. The maximum Gasteiger partial charge on any atom is 0.322 e. The number of urea groups is 1. The van der Waals surface area contributed by atoms with Crippen molar-refractivity contribution in [1.29, 1.82) is 0 Å². The van der Waals surface area contributed by atoms with E-state index in [-0.39, 0.29) is 12.1 Å². The maximum atomic E-state index is 13.3. The highest BCUT2D eigenvalue weighted by Crippen LogP contribution is 2.35. The first kappa shape index (κ1) is 20.2. The first-order chi connectivity index (χ1) is 14.5. The summed E-state index contributed by atoms with van der Waals surface area (Å²) in [7, 11) is 0.600. The number of fused-ring (bicyclic) bond motifs is 1. The highest BCUT2D eigenvalue weighted by Gasteiger charge is 2.31. The summed E-state index contributed by atoms with van der Waals surface area (Å²) in [6.07, 6.45) is 2.38. The molecule has 0 saturated carbocycles. The van der Waals surface area contributed by atoms with Crippen LogP contribution in [0.25, 0.3) is 0 Å². The molecule has 4 rings (SSSR count). The molecule has 1 N–H and O–H groups in total. The topological polar surface area (TPSA) is 58.6 Å². The van der Waals surface area contributed by atoms with E-state index < -0.39 is 10.8 Å². The van der Waals surface area contributed by atoms with Crippen LogP contribution in [0.15, 0.2) is 77.7 Å². The summed E-state index contributed by atoms with van der Waals surface area (Å²) in [5.74, 6) is 0.787. The first-order valence-electron chi connectivity index (χ1n) is 9.77. The summed E-state index contributed by atoms with van der Waals surface area (Å²) in [6.45, 7) is 0.495. The highest BCUT2D eigenvalue weighted by atomic mass is 32.2. The molecule has 5 nitrogen and oxygen atoms in total. The normalized spacial score (nSPS) is 16.5. The number of methoxy groups -OCH3 is 1. The Hall–Kier alpha value is -3.12. The van der Waals surface area contributed by atoms with Crippen molar-refractivity contribution >= 4 is 22.5 Å². The van der Waals surface area contributed by atoms with Crippen LogP contribution in [0, 0.1) is 0 Å². The van der Waals surface area contributed by atoms with Gasteiger partial charge in [-0.25, -0.2) is 4.79 Å². The van der Waals surface area contributed by atoms with Gasteiger partial charge in [0.15, 0.2) is 0 Å². The summed E-state index contributed by atoms with van der Waals surface area (Å²) >= 11 is 0. The average molecular weight is 421 g/mol. The Morgan fingerprint density at radius 2 is 1.77 bits per heavy atom. The number of ether oxygens (including phenoxy) is 1. The summed E-state index contributed by atoms with van der Waals surface area (Å²) in [6, 6.07) is 23.0. The molecule has 0 aliphatic carbocycles. The molecule has 6 heteroatoms. The first-order valence-corrected chi connectivity index (χ1v) is 11.3. The lowest BCUT2D eigenvalue weighted by molar-refractivity contribution is 0.176. The maximum absolute atomic E-state index is 13.3. The average Bonchev–Trinajstić information content (AvgIpc) is 2.78. The number of hydrogen-bond donors (Lipinski definition) is 1. The van der Waals surface area contributed by atoms with E-state index in [1.54, 1.807) is 37.6 Å². The predicted molar refractivity (Wildman–Crippen MR) is 119 cm³/mol. The third-order valence-electron chi connectivity index (χ3n) is 5.43. The monoisotopic (exact) mass is 420 g/mol. The van der Waals surface area contributed by atoms with Crippen LogP contribution in [0.2, 0.25) is 0 Å². The van der Waals surface area contributed by atoms with Crippen molar-refractivity contribution in [3.05, 3.63) is 89.5 Å². The highest BCUT2D eigenvalue weighted by molar-refractivity contribution is 7.84. The second kappa shape index (κ2) is 8.71. The second-order valence-corrected chi connectivity index (χ2v) is 8.68. The molecule has 0 bridgehead atoms. The molecule has 1 heterocycles. The third-order valence-corrected chi connectivity index (χ3v) is 6.36. The van der Waals surface area contributed by atoms with Crippen LogP contribution in [0.4, 0.5) is 10.5 Å². The fourth-order valence-corrected chi connectivity index (χ4v) is 4.32. The smallest absolute Gasteiger partial charge is 0.322 e. The van der Waals surface area contributed by atoms with Gasteiger partial charge in [0, 0.05) is 34.2 Å². The Balaban J connectivity index is 1.63. The van der Waals surface area contributed by atoms with Gasteiger partial charge in [-0.15, -0.1) is 0 Å². The van der Waals surface area contributed by atoms with Gasteiger partial charge in [0.2, 0.25) is 0 Å². The molecule has 0 aromatic heterocycles. The Kier molecular flexibility index (Phi) is 5.86. The lowest BCUT2D eigenvalue weighted by Crippen LogP contribution is -2.41. The SMILES string of the molecule is COc1ccc2c(c1)CN(C(=O)Nc1ccc([S@](C)=O)cc1)[C@H](c1ccccc1)C2. The Morgan fingerprint density at radius 1 is 1.03 bits per heavy atom. The third kappa shape index (κ3) is 4.24. The molecule has 1 aliphatic rings. The minimum absolute atomic E-state index is 0.0606. The number of nitrogens with zero attached hydrogens (tertiary/aromatic N) is 1. The van der Waals surface area contributed by atoms with Crippen LogP contribution in [0.5, 0.6) is 5.75 Å².